The Kier molecular flexibility index (Phi) is 7.45. The van der Waals surface area contributed by atoms with Crippen LogP contribution in [0.1, 0.15) is 11.1 Å². The van der Waals surface area contributed by atoms with Crippen LogP contribution in [-0.4, -0.2) is 35.4 Å². The Morgan fingerprint density at radius 2 is 1.88 bits per heavy atom. The summed E-state index contributed by atoms with van der Waals surface area (Å²) in [6.07, 6.45) is 0. The molecule has 0 atom stereocenters. The number of thiophene rings is 1. The van der Waals surface area contributed by atoms with E-state index in [4.69, 9.17) is 21.1 Å². The Labute approximate surface area is 209 Å². The predicted molar refractivity (Wildman–Crippen MR) is 138 cm³/mol. The molecule has 1 N–H and O–H groups in total. The number of hydrogen-bond acceptors (Lipinski definition) is 7. The number of carbonyl (C=O) groups is 1. The molecule has 2 aromatic carbocycles. The lowest BCUT2D eigenvalue weighted by Gasteiger charge is -2.14. The molecular formula is C24H22ClN3O4S2. The number of benzene rings is 2. The number of amides is 1. The van der Waals surface area contributed by atoms with Crippen molar-refractivity contribution in [2.75, 3.05) is 25.3 Å². The third kappa shape index (κ3) is 5.22. The molecule has 0 radical (unpaired) electrons. The number of aryl methyl sites for hydroxylation is 1. The number of thioether (sulfide) groups is 1. The number of aromatic nitrogens is 2. The molecule has 0 saturated carbocycles. The Morgan fingerprint density at radius 1 is 1.15 bits per heavy atom. The number of ether oxygens (including phenoxy) is 2. The Morgan fingerprint density at radius 3 is 2.59 bits per heavy atom. The van der Waals surface area contributed by atoms with Crippen molar-refractivity contribution in [1.82, 2.24) is 9.55 Å². The average molecular weight is 516 g/mol. The van der Waals surface area contributed by atoms with Gasteiger partial charge >= 0.3 is 0 Å². The van der Waals surface area contributed by atoms with E-state index in [2.05, 4.69) is 10.3 Å². The molecule has 2 heterocycles. The van der Waals surface area contributed by atoms with Crippen LogP contribution in [0.2, 0.25) is 5.02 Å². The standard InChI is InChI=1S/C24H22ClN3O4S2/c1-14-4-6-15(7-5-14)12-28-23(30)22-17(8-9-33-22)27-24(28)34-13-21(29)26-18-10-16(25)19(31-2)11-20(18)32-3/h4-11H,12-13H2,1-3H3,(H,26,29). The fourth-order valence-corrected chi connectivity index (χ4v) is 5.14. The van der Waals surface area contributed by atoms with Crippen LogP contribution in [0, 0.1) is 6.92 Å². The topological polar surface area (TPSA) is 82.5 Å². The van der Waals surface area contributed by atoms with Gasteiger partial charge in [0.25, 0.3) is 5.56 Å². The van der Waals surface area contributed by atoms with Gasteiger partial charge in [-0.15, -0.1) is 11.3 Å². The predicted octanol–water partition coefficient (Wildman–Crippen LogP) is 5.22. The Bertz CT molecular complexity index is 1400. The van der Waals surface area contributed by atoms with Gasteiger partial charge in [0.1, 0.15) is 16.2 Å². The smallest absolute Gasteiger partial charge is 0.272 e. The van der Waals surface area contributed by atoms with Gasteiger partial charge < -0.3 is 14.8 Å². The van der Waals surface area contributed by atoms with Gasteiger partial charge in [-0.05, 0) is 30.0 Å². The van der Waals surface area contributed by atoms with Gasteiger partial charge in [-0.25, -0.2) is 4.98 Å². The lowest BCUT2D eigenvalue weighted by atomic mass is 10.1. The van der Waals surface area contributed by atoms with E-state index in [1.54, 1.807) is 16.7 Å². The maximum Gasteiger partial charge on any atom is 0.272 e. The van der Waals surface area contributed by atoms with Gasteiger partial charge in [-0.2, -0.15) is 0 Å². The Balaban J connectivity index is 1.57. The molecule has 0 aliphatic carbocycles. The summed E-state index contributed by atoms with van der Waals surface area (Å²) in [6, 6.07) is 13.0. The summed E-state index contributed by atoms with van der Waals surface area (Å²) in [7, 11) is 3.00. The molecule has 1 amide bonds. The normalized spacial score (nSPS) is 10.9. The Hall–Kier alpha value is -3.01. The van der Waals surface area contributed by atoms with Crippen molar-refractivity contribution in [2.24, 2.45) is 0 Å². The van der Waals surface area contributed by atoms with E-state index in [1.165, 1.54) is 37.3 Å². The maximum absolute atomic E-state index is 13.2. The summed E-state index contributed by atoms with van der Waals surface area (Å²) in [4.78, 5) is 30.6. The number of fused-ring (bicyclic) bond motifs is 1. The summed E-state index contributed by atoms with van der Waals surface area (Å²) in [6.45, 7) is 2.38. The zero-order valence-electron chi connectivity index (χ0n) is 18.8. The van der Waals surface area contributed by atoms with Gasteiger partial charge in [0.05, 0.1) is 42.7 Å². The van der Waals surface area contributed by atoms with E-state index in [0.717, 1.165) is 11.1 Å². The third-order valence-corrected chi connectivity index (χ3v) is 7.24. The van der Waals surface area contributed by atoms with Crippen LogP contribution in [0.5, 0.6) is 11.5 Å². The van der Waals surface area contributed by atoms with Gasteiger partial charge in [0.15, 0.2) is 5.16 Å². The fraction of sp³-hybridized carbons (Fsp3) is 0.208. The van der Waals surface area contributed by atoms with Crippen molar-refractivity contribution in [3.63, 3.8) is 0 Å². The SMILES string of the molecule is COc1cc(OC)c(NC(=O)CSc2nc3ccsc3c(=O)n2Cc2ccc(C)cc2)cc1Cl. The van der Waals surface area contributed by atoms with Gasteiger partial charge in [-0.1, -0.05) is 53.2 Å². The minimum absolute atomic E-state index is 0.0444. The van der Waals surface area contributed by atoms with Crippen LogP contribution in [0.4, 0.5) is 5.69 Å². The summed E-state index contributed by atoms with van der Waals surface area (Å²) in [5.74, 6) is 0.627. The monoisotopic (exact) mass is 515 g/mol. The lowest BCUT2D eigenvalue weighted by Crippen LogP contribution is -2.24. The first-order valence-electron chi connectivity index (χ1n) is 10.3. The first-order chi connectivity index (χ1) is 16.4. The summed E-state index contributed by atoms with van der Waals surface area (Å²) < 4.78 is 12.7. The molecule has 34 heavy (non-hydrogen) atoms. The molecule has 10 heteroatoms. The molecule has 7 nitrogen and oxygen atoms in total. The molecule has 0 aliphatic heterocycles. The number of hydrogen-bond donors (Lipinski definition) is 1. The number of nitrogens with one attached hydrogen (secondary N) is 1. The molecule has 4 aromatic rings. The molecule has 0 spiro atoms. The summed E-state index contributed by atoms with van der Waals surface area (Å²) >= 11 is 8.76. The van der Waals surface area contributed by atoms with E-state index in [9.17, 15) is 9.59 Å². The van der Waals surface area contributed by atoms with E-state index in [-0.39, 0.29) is 17.2 Å². The van der Waals surface area contributed by atoms with E-state index in [0.29, 0.717) is 44.1 Å². The second-order valence-electron chi connectivity index (χ2n) is 7.43. The van der Waals surface area contributed by atoms with Crippen LogP contribution >= 0.6 is 34.7 Å². The number of methoxy groups -OCH3 is 2. The minimum Gasteiger partial charge on any atom is -0.495 e. The van der Waals surface area contributed by atoms with E-state index < -0.39 is 0 Å². The van der Waals surface area contributed by atoms with E-state index >= 15 is 0 Å². The largest absolute Gasteiger partial charge is 0.495 e. The van der Waals surface area contributed by atoms with Crippen molar-refractivity contribution in [1.29, 1.82) is 0 Å². The van der Waals surface area contributed by atoms with Gasteiger partial charge in [0, 0.05) is 6.07 Å². The van der Waals surface area contributed by atoms with Crippen molar-refractivity contribution < 1.29 is 14.3 Å². The molecule has 0 bridgehead atoms. The maximum atomic E-state index is 13.2. The van der Waals surface area contributed by atoms with Crippen molar-refractivity contribution in [3.05, 3.63) is 74.3 Å². The molecule has 4 rings (SSSR count). The second kappa shape index (κ2) is 10.5. The highest BCUT2D eigenvalue weighted by atomic mass is 35.5. The summed E-state index contributed by atoms with van der Waals surface area (Å²) in [5, 5.41) is 5.48. The minimum atomic E-state index is -0.286. The fourth-order valence-electron chi connectivity index (χ4n) is 3.32. The van der Waals surface area contributed by atoms with Crippen molar-refractivity contribution >= 4 is 56.5 Å². The van der Waals surface area contributed by atoms with Crippen molar-refractivity contribution in [3.8, 4) is 11.5 Å². The number of halogens is 1. The summed E-state index contributed by atoms with van der Waals surface area (Å²) in [5.41, 5.74) is 3.06. The van der Waals surface area contributed by atoms with Crippen molar-refractivity contribution in [2.45, 2.75) is 18.6 Å². The number of carbonyl (C=O) groups excluding carboxylic acids is 1. The zero-order chi connectivity index (χ0) is 24.2. The molecule has 0 aliphatic rings. The molecule has 176 valence electrons. The van der Waals surface area contributed by atoms with E-state index in [1.807, 2.05) is 42.6 Å². The molecule has 2 aromatic heterocycles. The van der Waals surface area contributed by atoms with Crippen LogP contribution in [0.15, 0.2) is 57.8 Å². The first kappa shape index (κ1) is 24.1. The molecular weight excluding hydrogens is 494 g/mol. The highest BCUT2D eigenvalue weighted by Gasteiger charge is 2.17. The quantitative estimate of drug-likeness (QED) is 0.256. The molecule has 0 unspecified atom stereocenters. The van der Waals surface area contributed by atoms with Crippen LogP contribution in [0.3, 0.4) is 0 Å². The first-order valence-corrected chi connectivity index (χ1v) is 12.5. The lowest BCUT2D eigenvalue weighted by molar-refractivity contribution is -0.113. The van der Waals surface area contributed by atoms with Gasteiger partial charge in [-0.3, -0.25) is 14.2 Å². The zero-order valence-corrected chi connectivity index (χ0v) is 21.1. The second-order valence-corrected chi connectivity index (χ2v) is 9.70. The highest BCUT2D eigenvalue weighted by molar-refractivity contribution is 7.99. The van der Waals surface area contributed by atoms with Crippen LogP contribution in [0.25, 0.3) is 10.2 Å². The average Bonchev–Trinajstić information content (AvgIpc) is 3.30. The number of anilines is 1. The third-order valence-electron chi connectivity index (χ3n) is 5.07. The van der Waals surface area contributed by atoms with Crippen LogP contribution in [-0.2, 0) is 11.3 Å². The molecule has 0 fully saturated rings. The molecule has 0 saturated heterocycles. The highest BCUT2D eigenvalue weighted by Crippen LogP contribution is 2.36. The van der Waals surface area contributed by atoms with Gasteiger partial charge in [0.2, 0.25) is 5.91 Å². The van der Waals surface area contributed by atoms with Crippen LogP contribution < -0.4 is 20.3 Å². The number of nitrogens with zero attached hydrogens (tertiary/aromatic N) is 2. The number of rotatable bonds is 8.